The summed E-state index contributed by atoms with van der Waals surface area (Å²) < 4.78 is 5.71. The van der Waals surface area contributed by atoms with Crippen LogP contribution >= 0.6 is 0 Å². The minimum absolute atomic E-state index is 0.0590. The molecule has 1 saturated heterocycles. The molecule has 0 unspecified atom stereocenters. The molecule has 0 aromatic heterocycles. The third-order valence-electron chi connectivity index (χ3n) is 4.23. The topological polar surface area (TPSA) is 32.7 Å². The first kappa shape index (κ1) is 13.3. The Morgan fingerprint density at radius 1 is 1.29 bits per heavy atom. The van der Waals surface area contributed by atoms with Crippen LogP contribution < -0.4 is 0 Å². The molecule has 0 atom stereocenters. The third-order valence-corrected chi connectivity index (χ3v) is 4.23. The predicted molar refractivity (Wildman–Crippen MR) is 69.1 cm³/mol. The van der Waals surface area contributed by atoms with Crippen LogP contribution in [0.2, 0.25) is 0 Å². The molecule has 2 rings (SSSR count). The van der Waals surface area contributed by atoms with Gasteiger partial charge in [-0.15, -0.1) is 0 Å². The molecule has 1 heterocycles. The number of aliphatic hydroxyl groups is 1. The molecular weight excluding hydrogens is 214 g/mol. The number of rotatable bonds is 2. The van der Waals surface area contributed by atoms with Gasteiger partial charge in [-0.05, 0) is 45.4 Å². The van der Waals surface area contributed by atoms with Crippen molar-refractivity contribution in [3.05, 3.63) is 0 Å². The van der Waals surface area contributed by atoms with Gasteiger partial charge in [-0.3, -0.25) is 4.90 Å². The van der Waals surface area contributed by atoms with E-state index in [0.29, 0.717) is 0 Å². The highest BCUT2D eigenvalue weighted by Crippen LogP contribution is 2.33. The van der Waals surface area contributed by atoms with Crippen molar-refractivity contribution >= 4 is 0 Å². The fourth-order valence-corrected chi connectivity index (χ4v) is 3.12. The zero-order valence-corrected chi connectivity index (χ0v) is 11.5. The molecule has 3 nitrogen and oxygen atoms in total. The van der Waals surface area contributed by atoms with Crippen LogP contribution in [0.15, 0.2) is 0 Å². The van der Waals surface area contributed by atoms with Gasteiger partial charge in [0.2, 0.25) is 0 Å². The van der Waals surface area contributed by atoms with Crippen LogP contribution in [0.4, 0.5) is 0 Å². The van der Waals surface area contributed by atoms with Crippen LogP contribution in [0, 0.1) is 5.92 Å². The quantitative estimate of drug-likeness (QED) is 0.803. The fourth-order valence-electron chi connectivity index (χ4n) is 3.12. The van der Waals surface area contributed by atoms with E-state index >= 15 is 0 Å². The van der Waals surface area contributed by atoms with Crippen LogP contribution in [0.25, 0.3) is 0 Å². The van der Waals surface area contributed by atoms with Crippen LogP contribution in [-0.4, -0.2) is 47.4 Å². The Hall–Kier alpha value is -0.120. The molecule has 1 aliphatic carbocycles. The van der Waals surface area contributed by atoms with Gasteiger partial charge in [0.25, 0.3) is 0 Å². The first-order valence-corrected chi connectivity index (χ1v) is 6.97. The number of nitrogens with zero attached hydrogens (tertiary/aromatic N) is 1. The minimum Gasteiger partial charge on any atom is -0.389 e. The van der Waals surface area contributed by atoms with E-state index in [9.17, 15) is 5.11 Å². The highest BCUT2D eigenvalue weighted by atomic mass is 16.5. The smallest absolute Gasteiger partial charge is 0.0774 e. The van der Waals surface area contributed by atoms with E-state index in [1.165, 1.54) is 12.8 Å². The average Bonchev–Trinajstić information content (AvgIpc) is 2.21. The van der Waals surface area contributed by atoms with Crippen molar-refractivity contribution in [2.75, 3.05) is 26.2 Å². The van der Waals surface area contributed by atoms with E-state index in [-0.39, 0.29) is 5.60 Å². The van der Waals surface area contributed by atoms with Crippen LogP contribution in [0.5, 0.6) is 0 Å². The Kier molecular flexibility index (Phi) is 3.81. The lowest BCUT2D eigenvalue weighted by atomic mass is 9.79. The molecule has 0 amide bonds. The monoisotopic (exact) mass is 241 g/mol. The summed E-state index contributed by atoms with van der Waals surface area (Å²) in [6.45, 7) is 10.1. The fraction of sp³-hybridized carbons (Fsp3) is 1.00. The normalized spacial score (nSPS) is 39.2. The second-order valence-corrected chi connectivity index (χ2v) is 6.73. The Labute approximate surface area is 105 Å². The molecule has 0 aromatic rings. The number of β-amino-alcohol motifs (C(OH)–C–C–N with tert-alkyl or cyclic N) is 1. The summed E-state index contributed by atoms with van der Waals surface area (Å²) in [6, 6.07) is 0. The first-order valence-electron chi connectivity index (χ1n) is 6.97. The maximum absolute atomic E-state index is 10.6. The molecule has 100 valence electrons. The molecule has 3 heteroatoms. The van der Waals surface area contributed by atoms with E-state index in [4.69, 9.17) is 4.74 Å². The van der Waals surface area contributed by atoms with Gasteiger partial charge in [0.15, 0.2) is 0 Å². The summed E-state index contributed by atoms with van der Waals surface area (Å²) in [7, 11) is 0. The van der Waals surface area contributed by atoms with Gasteiger partial charge in [0.05, 0.1) is 17.8 Å². The van der Waals surface area contributed by atoms with Gasteiger partial charge in [0.1, 0.15) is 0 Å². The van der Waals surface area contributed by atoms with E-state index in [2.05, 4.69) is 25.7 Å². The van der Waals surface area contributed by atoms with Gasteiger partial charge in [-0.25, -0.2) is 0 Å². The molecule has 0 aromatic carbocycles. The molecule has 2 fully saturated rings. The number of morpholine rings is 1. The van der Waals surface area contributed by atoms with Crippen LogP contribution in [0.1, 0.15) is 46.5 Å². The van der Waals surface area contributed by atoms with E-state index in [0.717, 1.165) is 45.0 Å². The number of hydrogen-bond acceptors (Lipinski definition) is 3. The highest BCUT2D eigenvalue weighted by Gasteiger charge is 2.36. The van der Waals surface area contributed by atoms with Gasteiger partial charge in [0, 0.05) is 19.6 Å². The molecule has 1 aliphatic heterocycles. The molecule has 1 N–H and O–H groups in total. The Morgan fingerprint density at radius 2 is 1.94 bits per heavy atom. The summed E-state index contributed by atoms with van der Waals surface area (Å²) in [5.41, 5.74) is -0.503. The van der Waals surface area contributed by atoms with Gasteiger partial charge in [-0.2, -0.15) is 0 Å². The number of ether oxygens (including phenoxy) is 1. The second kappa shape index (κ2) is 4.87. The largest absolute Gasteiger partial charge is 0.389 e. The second-order valence-electron chi connectivity index (χ2n) is 6.73. The standard InChI is InChI=1S/C14H27NO2/c1-12-4-6-14(16,7-5-12)11-15-8-9-17-13(2,3)10-15/h12,16H,4-11H2,1-3H3. The zero-order valence-electron chi connectivity index (χ0n) is 11.5. The molecule has 0 radical (unpaired) electrons. The third kappa shape index (κ3) is 3.67. The minimum atomic E-state index is -0.445. The van der Waals surface area contributed by atoms with Crippen molar-refractivity contribution in [2.45, 2.75) is 57.7 Å². The lowest BCUT2D eigenvalue weighted by Gasteiger charge is -2.43. The molecular formula is C14H27NO2. The zero-order chi connectivity index (χ0) is 12.5. The summed E-state index contributed by atoms with van der Waals surface area (Å²) in [4.78, 5) is 2.37. The van der Waals surface area contributed by atoms with Crippen molar-refractivity contribution in [2.24, 2.45) is 5.92 Å². The van der Waals surface area contributed by atoms with E-state index in [1.54, 1.807) is 0 Å². The SMILES string of the molecule is CC1CCC(O)(CN2CCOC(C)(C)C2)CC1. The molecule has 2 aliphatic rings. The summed E-state index contributed by atoms with van der Waals surface area (Å²) >= 11 is 0. The van der Waals surface area contributed by atoms with Gasteiger partial charge < -0.3 is 9.84 Å². The Bertz CT molecular complexity index is 257. The van der Waals surface area contributed by atoms with Crippen molar-refractivity contribution in [3.8, 4) is 0 Å². The maximum Gasteiger partial charge on any atom is 0.0774 e. The van der Waals surface area contributed by atoms with Gasteiger partial charge in [-0.1, -0.05) is 6.92 Å². The predicted octanol–water partition coefficient (Wildman–Crippen LogP) is 2.04. The lowest BCUT2D eigenvalue weighted by Crippen LogP contribution is -2.54. The van der Waals surface area contributed by atoms with E-state index in [1.807, 2.05) is 0 Å². The molecule has 0 spiro atoms. The van der Waals surface area contributed by atoms with E-state index < -0.39 is 5.60 Å². The van der Waals surface area contributed by atoms with Crippen molar-refractivity contribution in [1.82, 2.24) is 4.90 Å². The number of hydrogen-bond donors (Lipinski definition) is 1. The first-order chi connectivity index (χ1) is 7.89. The highest BCUT2D eigenvalue weighted by molar-refractivity contribution is 4.90. The lowest BCUT2D eigenvalue weighted by molar-refractivity contribution is -0.113. The van der Waals surface area contributed by atoms with Crippen molar-refractivity contribution in [3.63, 3.8) is 0 Å². The maximum atomic E-state index is 10.6. The van der Waals surface area contributed by atoms with Crippen LogP contribution in [0.3, 0.4) is 0 Å². The average molecular weight is 241 g/mol. The summed E-state index contributed by atoms with van der Waals surface area (Å²) in [6.07, 6.45) is 4.27. The van der Waals surface area contributed by atoms with Crippen molar-refractivity contribution < 1.29 is 9.84 Å². The van der Waals surface area contributed by atoms with Gasteiger partial charge >= 0.3 is 0 Å². The Morgan fingerprint density at radius 3 is 2.53 bits per heavy atom. The Balaban J connectivity index is 1.87. The summed E-state index contributed by atoms with van der Waals surface area (Å²) in [5.74, 6) is 0.788. The molecule has 0 bridgehead atoms. The summed E-state index contributed by atoms with van der Waals surface area (Å²) in [5, 5.41) is 10.6. The van der Waals surface area contributed by atoms with Crippen LogP contribution in [-0.2, 0) is 4.74 Å². The molecule has 17 heavy (non-hydrogen) atoms. The van der Waals surface area contributed by atoms with Crippen molar-refractivity contribution in [1.29, 1.82) is 0 Å². The molecule has 1 saturated carbocycles.